The second-order valence-electron chi connectivity index (χ2n) is 6.61. The Hall–Kier alpha value is -3.12. The molecule has 0 atom stereocenters. The van der Waals surface area contributed by atoms with Crippen LogP contribution in [0.15, 0.2) is 81.2 Å². The highest BCUT2D eigenvalue weighted by atomic mass is 79.9. The fourth-order valence-corrected chi connectivity index (χ4v) is 4.31. The maximum absolute atomic E-state index is 12.6. The number of carbonyl (C=O) groups is 2. The number of amides is 2. The van der Waals surface area contributed by atoms with Gasteiger partial charge in [0.15, 0.2) is 6.61 Å². The number of hydrogen-bond acceptors (Lipinski definition) is 4. The van der Waals surface area contributed by atoms with Gasteiger partial charge in [-0.1, -0.05) is 57.9 Å². The number of anilines is 2. The molecule has 33 heavy (non-hydrogen) atoms. The molecule has 0 aromatic heterocycles. The van der Waals surface area contributed by atoms with Crippen LogP contribution in [0, 0.1) is 11.3 Å². The molecular formula is C24H16Br2ClN3O3. The van der Waals surface area contributed by atoms with Crippen molar-refractivity contribution in [2.24, 2.45) is 0 Å². The van der Waals surface area contributed by atoms with E-state index in [1.165, 1.54) is 6.08 Å². The molecule has 0 bridgehead atoms. The van der Waals surface area contributed by atoms with Gasteiger partial charge in [0.05, 0.1) is 15.2 Å². The highest BCUT2D eigenvalue weighted by molar-refractivity contribution is 9.11. The van der Waals surface area contributed by atoms with Crippen LogP contribution in [0.2, 0.25) is 5.02 Å². The van der Waals surface area contributed by atoms with Crippen molar-refractivity contribution in [3.8, 4) is 11.8 Å². The molecule has 3 aromatic carbocycles. The number of hydrogen-bond donors (Lipinski definition) is 2. The standard InChI is InChI=1S/C24H16Br2ClN3O3/c25-17-11-15(10-16(13-28)24(32)29-18-6-2-1-3-7-18)23(19(26)12-17)33-14-22(31)30-21-9-5-4-8-20(21)27/h1-12H,14H2,(H,29,32)(H,30,31)/b16-10+. The van der Waals surface area contributed by atoms with Crippen molar-refractivity contribution >= 4 is 72.7 Å². The summed E-state index contributed by atoms with van der Waals surface area (Å²) in [6, 6.07) is 21.0. The smallest absolute Gasteiger partial charge is 0.266 e. The summed E-state index contributed by atoms with van der Waals surface area (Å²) in [6.07, 6.45) is 1.40. The fraction of sp³-hybridized carbons (Fsp3) is 0.0417. The van der Waals surface area contributed by atoms with Crippen LogP contribution in [0.1, 0.15) is 5.56 Å². The Kier molecular flexibility index (Phi) is 8.66. The van der Waals surface area contributed by atoms with Crippen LogP contribution >= 0.6 is 43.5 Å². The molecule has 3 rings (SSSR count). The molecule has 6 nitrogen and oxygen atoms in total. The first-order valence-corrected chi connectivity index (χ1v) is 11.5. The van der Waals surface area contributed by atoms with E-state index in [1.807, 2.05) is 12.1 Å². The van der Waals surface area contributed by atoms with Gasteiger partial charge in [0.25, 0.3) is 11.8 Å². The molecule has 166 valence electrons. The Morgan fingerprint density at radius 2 is 1.73 bits per heavy atom. The third-order valence-corrected chi connectivity index (χ3v) is 5.61. The summed E-state index contributed by atoms with van der Waals surface area (Å²) >= 11 is 12.9. The number of para-hydroxylation sites is 2. The summed E-state index contributed by atoms with van der Waals surface area (Å²) in [6.45, 7) is -0.315. The number of nitriles is 1. The van der Waals surface area contributed by atoms with Gasteiger partial charge >= 0.3 is 0 Å². The molecule has 2 amide bonds. The highest BCUT2D eigenvalue weighted by Gasteiger charge is 2.16. The average Bonchev–Trinajstić information content (AvgIpc) is 2.78. The zero-order chi connectivity index (χ0) is 23.8. The molecule has 0 radical (unpaired) electrons. The van der Waals surface area contributed by atoms with Gasteiger partial charge < -0.3 is 15.4 Å². The molecule has 0 saturated heterocycles. The van der Waals surface area contributed by atoms with Crippen LogP contribution in [0.3, 0.4) is 0 Å². The third-order valence-electron chi connectivity index (χ3n) is 4.23. The SMILES string of the molecule is N#C/C(=C\c1cc(Br)cc(Br)c1OCC(=O)Nc1ccccc1Cl)C(=O)Nc1ccccc1. The predicted octanol–water partition coefficient (Wildman–Crippen LogP) is 6.43. The van der Waals surface area contributed by atoms with Crippen molar-refractivity contribution in [2.75, 3.05) is 17.2 Å². The summed E-state index contributed by atoms with van der Waals surface area (Å²) < 4.78 is 6.96. The zero-order valence-electron chi connectivity index (χ0n) is 16.9. The minimum atomic E-state index is -0.567. The molecule has 0 fully saturated rings. The van der Waals surface area contributed by atoms with Gasteiger partial charge in [-0.3, -0.25) is 9.59 Å². The van der Waals surface area contributed by atoms with Gasteiger partial charge in [-0.25, -0.2) is 0 Å². The zero-order valence-corrected chi connectivity index (χ0v) is 20.9. The second-order valence-corrected chi connectivity index (χ2v) is 8.79. The Balaban J connectivity index is 1.81. The van der Waals surface area contributed by atoms with E-state index in [1.54, 1.807) is 60.7 Å². The lowest BCUT2D eigenvalue weighted by molar-refractivity contribution is -0.118. The molecule has 9 heteroatoms. The lowest BCUT2D eigenvalue weighted by Crippen LogP contribution is -2.20. The van der Waals surface area contributed by atoms with E-state index >= 15 is 0 Å². The van der Waals surface area contributed by atoms with Crippen LogP contribution < -0.4 is 15.4 Å². The molecule has 3 aromatic rings. The topological polar surface area (TPSA) is 91.2 Å². The quantitative estimate of drug-likeness (QED) is 0.246. The molecule has 0 saturated carbocycles. The normalized spacial score (nSPS) is 10.8. The molecule has 0 aliphatic heterocycles. The van der Waals surface area contributed by atoms with Crippen molar-refractivity contribution in [1.82, 2.24) is 0 Å². The molecule has 0 aliphatic carbocycles. The van der Waals surface area contributed by atoms with Gasteiger partial charge in [0, 0.05) is 15.7 Å². The lowest BCUT2D eigenvalue weighted by atomic mass is 10.1. The Bertz CT molecular complexity index is 1260. The lowest BCUT2D eigenvalue weighted by Gasteiger charge is -2.13. The number of nitrogens with zero attached hydrogens (tertiary/aromatic N) is 1. The van der Waals surface area contributed by atoms with Gasteiger partial charge in [-0.2, -0.15) is 5.26 Å². The second kappa shape index (κ2) is 11.7. The average molecular weight is 590 g/mol. The maximum Gasteiger partial charge on any atom is 0.266 e. The number of rotatable bonds is 7. The minimum absolute atomic E-state index is 0.130. The van der Waals surface area contributed by atoms with Gasteiger partial charge in [-0.05, 0) is 58.4 Å². The molecule has 0 spiro atoms. The first-order chi connectivity index (χ1) is 15.9. The summed E-state index contributed by atoms with van der Waals surface area (Å²) in [5, 5.41) is 15.3. The number of nitrogens with one attached hydrogen (secondary N) is 2. The third kappa shape index (κ3) is 6.93. The van der Waals surface area contributed by atoms with Crippen molar-refractivity contribution in [1.29, 1.82) is 5.26 Å². The van der Waals surface area contributed by atoms with Crippen molar-refractivity contribution in [3.63, 3.8) is 0 Å². The number of halogens is 3. The molecule has 0 aliphatic rings. The summed E-state index contributed by atoms with van der Waals surface area (Å²) in [7, 11) is 0. The van der Waals surface area contributed by atoms with Gasteiger partial charge in [-0.15, -0.1) is 0 Å². The largest absolute Gasteiger partial charge is 0.482 e. The fourth-order valence-electron chi connectivity index (χ4n) is 2.75. The van der Waals surface area contributed by atoms with Crippen LogP contribution in [0.5, 0.6) is 5.75 Å². The molecule has 2 N–H and O–H groups in total. The summed E-state index contributed by atoms with van der Waals surface area (Å²) in [5.74, 6) is -0.690. The van der Waals surface area contributed by atoms with Crippen molar-refractivity contribution in [3.05, 3.63) is 91.8 Å². The minimum Gasteiger partial charge on any atom is -0.482 e. The molecule has 0 unspecified atom stereocenters. The van der Waals surface area contributed by atoms with Crippen molar-refractivity contribution < 1.29 is 14.3 Å². The van der Waals surface area contributed by atoms with Gasteiger partial charge in [0.1, 0.15) is 17.4 Å². The number of ether oxygens (including phenoxy) is 1. The van der Waals surface area contributed by atoms with Crippen molar-refractivity contribution in [2.45, 2.75) is 0 Å². The first kappa shape index (κ1) is 24.5. The highest BCUT2D eigenvalue weighted by Crippen LogP contribution is 2.34. The van der Waals surface area contributed by atoms with Crippen LogP contribution in [-0.4, -0.2) is 18.4 Å². The summed E-state index contributed by atoms with van der Waals surface area (Å²) in [4.78, 5) is 25.0. The Morgan fingerprint density at radius 1 is 1.03 bits per heavy atom. The molecule has 0 heterocycles. The van der Waals surface area contributed by atoms with E-state index < -0.39 is 11.8 Å². The Labute approximate surface area is 212 Å². The maximum atomic E-state index is 12.6. The monoisotopic (exact) mass is 587 g/mol. The van der Waals surface area contributed by atoms with Crippen LogP contribution in [-0.2, 0) is 9.59 Å². The predicted molar refractivity (Wildman–Crippen MR) is 136 cm³/mol. The van der Waals surface area contributed by atoms with Crippen LogP contribution in [0.25, 0.3) is 6.08 Å². The van der Waals surface area contributed by atoms with E-state index in [0.29, 0.717) is 36.7 Å². The number of benzene rings is 3. The van der Waals surface area contributed by atoms with E-state index in [2.05, 4.69) is 42.5 Å². The van der Waals surface area contributed by atoms with E-state index in [4.69, 9.17) is 16.3 Å². The summed E-state index contributed by atoms with van der Waals surface area (Å²) in [5.41, 5.74) is 1.33. The molecular weight excluding hydrogens is 574 g/mol. The van der Waals surface area contributed by atoms with Gasteiger partial charge in [0.2, 0.25) is 0 Å². The van der Waals surface area contributed by atoms with E-state index in [-0.39, 0.29) is 12.2 Å². The Morgan fingerprint density at radius 3 is 2.42 bits per heavy atom. The van der Waals surface area contributed by atoms with Crippen LogP contribution in [0.4, 0.5) is 11.4 Å². The first-order valence-electron chi connectivity index (χ1n) is 9.52. The van der Waals surface area contributed by atoms with E-state index in [0.717, 1.165) is 0 Å². The number of carbonyl (C=O) groups excluding carboxylic acids is 2. The van der Waals surface area contributed by atoms with E-state index in [9.17, 15) is 14.9 Å².